The Hall–Kier alpha value is -2.04. The van der Waals surface area contributed by atoms with Crippen LogP contribution in [0.1, 0.15) is 30.4 Å². The van der Waals surface area contributed by atoms with Gasteiger partial charge in [-0.15, -0.1) is 0 Å². The number of nitrogens with zero attached hydrogens (tertiary/aromatic N) is 2. The van der Waals surface area contributed by atoms with E-state index < -0.39 is 12.1 Å². The fourth-order valence-corrected chi connectivity index (χ4v) is 3.09. The number of carboxylic acid groups (broad SMARTS) is 1. The van der Waals surface area contributed by atoms with Crippen LogP contribution in [0, 0.1) is 13.8 Å². The molecule has 1 atom stereocenters. The smallest absolute Gasteiger partial charge is 0.407 e. The van der Waals surface area contributed by atoms with E-state index in [0.29, 0.717) is 13.0 Å². The number of hydrogen-bond donors (Lipinski definition) is 1. The van der Waals surface area contributed by atoms with Crippen molar-refractivity contribution in [3.63, 3.8) is 0 Å². The molecule has 1 heterocycles. The second-order valence-corrected chi connectivity index (χ2v) is 5.63. The van der Waals surface area contributed by atoms with Crippen LogP contribution in [0.5, 0.6) is 0 Å². The van der Waals surface area contributed by atoms with Crippen molar-refractivity contribution in [2.75, 3.05) is 18.5 Å². The fraction of sp³-hybridized carbons (Fsp3) is 0.500. The number of piperidine rings is 1. The molecule has 2 rings (SSSR count). The van der Waals surface area contributed by atoms with Gasteiger partial charge in [-0.2, -0.15) is 0 Å². The average Bonchev–Trinajstić information content (AvgIpc) is 2.46. The van der Waals surface area contributed by atoms with Gasteiger partial charge >= 0.3 is 6.09 Å². The first-order valence-electron chi connectivity index (χ1n) is 7.27. The maximum absolute atomic E-state index is 12.7. The Balaban J connectivity index is 2.28. The quantitative estimate of drug-likeness (QED) is 0.911. The van der Waals surface area contributed by atoms with Crippen molar-refractivity contribution in [1.29, 1.82) is 0 Å². The number of carbonyl (C=O) groups excluding carboxylic acids is 1. The molecule has 0 saturated carbocycles. The standard InChI is InChI=1S/C16H22N2O3/c1-11-7-6-8-12(2)14(11)17(3)15(19)13-9-4-5-10-18(13)16(20)21/h6-8,13H,4-5,9-10H2,1-3H3,(H,20,21)/t13-/m0/s1. The number of benzene rings is 1. The van der Waals surface area contributed by atoms with E-state index in [1.165, 1.54) is 4.90 Å². The molecule has 0 aliphatic carbocycles. The Bertz CT molecular complexity index is 536. The molecule has 1 aromatic rings. The fourth-order valence-electron chi connectivity index (χ4n) is 3.09. The maximum Gasteiger partial charge on any atom is 0.407 e. The van der Waals surface area contributed by atoms with Crippen molar-refractivity contribution in [3.8, 4) is 0 Å². The summed E-state index contributed by atoms with van der Waals surface area (Å²) >= 11 is 0. The zero-order valence-corrected chi connectivity index (χ0v) is 12.8. The molecule has 0 radical (unpaired) electrons. The number of carbonyl (C=O) groups is 2. The van der Waals surface area contributed by atoms with Gasteiger partial charge in [0.1, 0.15) is 6.04 Å². The Kier molecular flexibility index (Phi) is 4.50. The lowest BCUT2D eigenvalue weighted by Crippen LogP contribution is -2.52. The van der Waals surface area contributed by atoms with Crippen molar-refractivity contribution in [2.45, 2.75) is 39.2 Å². The third-order valence-electron chi connectivity index (χ3n) is 4.14. The van der Waals surface area contributed by atoms with Gasteiger partial charge in [0, 0.05) is 19.3 Å². The minimum Gasteiger partial charge on any atom is -0.465 e. The van der Waals surface area contributed by atoms with Gasteiger partial charge in [-0.3, -0.25) is 9.69 Å². The van der Waals surface area contributed by atoms with Crippen LogP contribution in [-0.4, -0.2) is 41.6 Å². The summed E-state index contributed by atoms with van der Waals surface area (Å²) in [5.41, 5.74) is 2.91. The summed E-state index contributed by atoms with van der Waals surface area (Å²) in [4.78, 5) is 26.9. The molecule has 21 heavy (non-hydrogen) atoms. The number of hydrogen-bond acceptors (Lipinski definition) is 2. The van der Waals surface area contributed by atoms with E-state index in [2.05, 4.69) is 0 Å². The van der Waals surface area contributed by atoms with Crippen LogP contribution in [-0.2, 0) is 4.79 Å². The van der Waals surface area contributed by atoms with Crippen LogP contribution in [0.15, 0.2) is 18.2 Å². The van der Waals surface area contributed by atoms with Gasteiger partial charge in [0.2, 0.25) is 5.91 Å². The largest absolute Gasteiger partial charge is 0.465 e. The first-order chi connectivity index (χ1) is 9.93. The highest BCUT2D eigenvalue weighted by Crippen LogP contribution is 2.26. The molecule has 0 aromatic heterocycles. The molecule has 1 aliphatic heterocycles. The summed E-state index contributed by atoms with van der Waals surface area (Å²) in [6.07, 6.45) is 1.30. The summed E-state index contributed by atoms with van der Waals surface area (Å²) in [7, 11) is 1.73. The number of anilines is 1. The molecule has 5 nitrogen and oxygen atoms in total. The maximum atomic E-state index is 12.7. The summed E-state index contributed by atoms with van der Waals surface area (Å²) in [6.45, 7) is 4.36. The normalized spacial score (nSPS) is 18.4. The van der Waals surface area contributed by atoms with Crippen LogP contribution in [0.4, 0.5) is 10.5 Å². The zero-order valence-electron chi connectivity index (χ0n) is 12.8. The lowest BCUT2D eigenvalue weighted by atomic mass is 10.0. The molecule has 0 unspecified atom stereocenters. The van der Waals surface area contributed by atoms with E-state index in [4.69, 9.17) is 0 Å². The van der Waals surface area contributed by atoms with Gasteiger partial charge in [0.25, 0.3) is 0 Å². The third-order valence-corrected chi connectivity index (χ3v) is 4.14. The number of amides is 2. The molecule has 2 amide bonds. The molecule has 5 heteroatoms. The topological polar surface area (TPSA) is 60.9 Å². The van der Waals surface area contributed by atoms with Crippen molar-refractivity contribution in [2.24, 2.45) is 0 Å². The lowest BCUT2D eigenvalue weighted by molar-refractivity contribution is -0.124. The summed E-state index contributed by atoms with van der Waals surface area (Å²) in [6, 6.07) is 5.31. The zero-order chi connectivity index (χ0) is 15.6. The van der Waals surface area contributed by atoms with E-state index in [-0.39, 0.29) is 5.91 Å². The highest BCUT2D eigenvalue weighted by molar-refractivity contribution is 5.99. The second kappa shape index (κ2) is 6.16. The Labute approximate surface area is 125 Å². The van der Waals surface area contributed by atoms with E-state index in [1.807, 2.05) is 32.0 Å². The van der Waals surface area contributed by atoms with Gasteiger partial charge in [-0.25, -0.2) is 4.79 Å². The molecule has 1 fully saturated rings. The monoisotopic (exact) mass is 290 g/mol. The predicted octanol–water partition coefficient (Wildman–Crippen LogP) is 2.80. The SMILES string of the molecule is Cc1cccc(C)c1N(C)C(=O)[C@@H]1CCCCN1C(=O)O. The summed E-state index contributed by atoms with van der Waals surface area (Å²) < 4.78 is 0. The van der Waals surface area contributed by atoms with Gasteiger partial charge in [0.15, 0.2) is 0 Å². The molecular formula is C16H22N2O3. The van der Waals surface area contributed by atoms with Crippen molar-refractivity contribution in [1.82, 2.24) is 4.90 Å². The third kappa shape index (κ3) is 3.01. The van der Waals surface area contributed by atoms with E-state index >= 15 is 0 Å². The lowest BCUT2D eigenvalue weighted by Gasteiger charge is -2.35. The van der Waals surface area contributed by atoms with Gasteiger partial charge in [0.05, 0.1) is 0 Å². The summed E-state index contributed by atoms with van der Waals surface area (Å²) in [5, 5.41) is 9.27. The number of likely N-dealkylation sites (tertiary alicyclic amines) is 1. The predicted molar refractivity (Wildman–Crippen MR) is 81.7 cm³/mol. The molecule has 1 N–H and O–H groups in total. The van der Waals surface area contributed by atoms with E-state index in [9.17, 15) is 14.7 Å². The van der Waals surface area contributed by atoms with E-state index in [0.717, 1.165) is 29.7 Å². The Morgan fingerprint density at radius 3 is 2.43 bits per heavy atom. The minimum absolute atomic E-state index is 0.144. The molecule has 1 aliphatic rings. The Morgan fingerprint density at radius 1 is 1.24 bits per heavy atom. The van der Waals surface area contributed by atoms with E-state index in [1.54, 1.807) is 11.9 Å². The molecular weight excluding hydrogens is 268 g/mol. The highest BCUT2D eigenvalue weighted by atomic mass is 16.4. The molecule has 114 valence electrons. The number of para-hydroxylation sites is 1. The minimum atomic E-state index is -1.01. The van der Waals surface area contributed by atoms with Crippen LogP contribution >= 0.6 is 0 Å². The molecule has 1 aromatic carbocycles. The molecule has 1 saturated heterocycles. The van der Waals surface area contributed by atoms with Crippen LogP contribution < -0.4 is 4.90 Å². The van der Waals surface area contributed by atoms with Gasteiger partial charge in [-0.1, -0.05) is 18.2 Å². The van der Waals surface area contributed by atoms with Gasteiger partial charge in [-0.05, 0) is 44.2 Å². The van der Waals surface area contributed by atoms with Crippen LogP contribution in [0.3, 0.4) is 0 Å². The van der Waals surface area contributed by atoms with Gasteiger partial charge < -0.3 is 10.0 Å². The number of aryl methyl sites for hydroxylation is 2. The van der Waals surface area contributed by atoms with Crippen molar-refractivity contribution in [3.05, 3.63) is 29.3 Å². The summed E-state index contributed by atoms with van der Waals surface area (Å²) in [5.74, 6) is -0.144. The van der Waals surface area contributed by atoms with Crippen molar-refractivity contribution >= 4 is 17.7 Å². The number of rotatable bonds is 2. The first-order valence-corrected chi connectivity index (χ1v) is 7.27. The molecule has 0 bridgehead atoms. The average molecular weight is 290 g/mol. The first kappa shape index (κ1) is 15.4. The van der Waals surface area contributed by atoms with Crippen molar-refractivity contribution < 1.29 is 14.7 Å². The highest BCUT2D eigenvalue weighted by Gasteiger charge is 2.34. The number of likely N-dealkylation sites (N-methyl/N-ethyl adjacent to an activating group) is 1. The van der Waals surface area contributed by atoms with Crippen LogP contribution in [0.25, 0.3) is 0 Å². The van der Waals surface area contributed by atoms with Crippen LogP contribution in [0.2, 0.25) is 0 Å². The molecule has 0 spiro atoms. The second-order valence-electron chi connectivity index (χ2n) is 5.63. The Morgan fingerprint density at radius 2 is 1.86 bits per heavy atom.